The summed E-state index contributed by atoms with van der Waals surface area (Å²) in [4.78, 5) is 42.6. The van der Waals surface area contributed by atoms with Crippen LogP contribution in [-0.4, -0.2) is 22.3 Å². The Morgan fingerprint density at radius 3 is 2.58 bits per heavy atom. The third-order valence-corrected chi connectivity index (χ3v) is 7.11. The number of pyridine rings is 1. The van der Waals surface area contributed by atoms with Crippen LogP contribution in [0.25, 0.3) is 11.3 Å². The molecular formula is C26H23ClFNO3S. The molecule has 4 nitrogen and oxygen atoms in total. The molecule has 0 spiro atoms. The molecule has 2 atom stereocenters. The third-order valence-electron chi connectivity index (χ3n) is 6.17. The van der Waals surface area contributed by atoms with E-state index in [9.17, 15) is 18.8 Å². The summed E-state index contributed by atoms with van der Waals surface area (Å²) in [7, 11) is 0. The maximum atomic E-state index is 14.4. The zero-order valence-electron chi connectivity index (χ0n) is 18.4. The first-order chi connectivity index (χ1) is 15.7. The molecule has 3 aromatic rings. The van der Waals surface area contributed by atoms with Gasteiger partial charge in [0.2, 0.25) is 0 Å². The number of hydrogen-bond acceptors (Lipinski definition) is 5. The van der Waals surface area contributed by atoms with Crippen molar-refractivity contribution in [2.45, 2.75) is 45.4 Å². The number of Topliss-reactive ketones (excluding diaryl/α,β-unsaturated/α-hetero) is 3. The van der Waals surface area contributed by atoms with Crippen LogP contribution < -0.4 is 0 Å². The smallest absolute Gasteiger partial charge is 0.151 e. The van der Waals surface area contributed by atoms with E-state index in [4.69, 9.17) is 11.6 Å². The number of thiophene rings is 1. The molecule has 1 aromatic carbocycles. The van der Waals surface area contributed by atoms with E-state index in [-0.39, 0.29) is 40.9 Å². The van der Waals surface area contributed by atoms with Crippen LogP contribution in [0.1, 0.15) is 47.4 Å². The van der Waals surface area contributed by atoms with Gasteiger partial charge in [-0.2, -0.15) is 11.3 Å². The van der Waals surface area contributed by atoms with Gasteiger partial charge < -0.3 is 0 Å². The number of ketones is 3. The molecule has 0 aliphatic heterocycles. The average Bonchev–Trinajstić information content (AvgIpc) is 3.35. The van der Waals surface area contributed by atoms with E-state index >= 15 is 0 Å². The lowest BCUT2D eigenvalue weighted by molar-refractivity contribution is -0.127. The Hall–Kier alpha value is -2.70. The van der Waals surface area contributed by atoms with Crippen molar-refractivity contribution >= 4 is 40.3 Å². The van der Waals surface area contributed by atoms with E-state index < -0.39 is 17.7 Å². The SMILES string of the molecule is Cc1cc(-c2ncc(Cl)cc2F)cc(C)c1C1C(=O)CC(CC(=O)CCc2ccsc2)C1=O. The molecule has 0 bridgehead atoms. The highest BCUT2D eigenvalue weighted by molar-refractivity contribution is 7.07. The second kappa shape index (κ2) is 9.65. The molecule has 4 rings (SSSR count). The van der Waals surface area contributed by atoms with Crippen LogP contribution in [0.2, 0.25) is 5.02 Å². The summed E-state index contributed by atoms with van der Waals surface area (Å²) in [5.74, 6) is -2.35. The first-order valence-electron chi connectivity index (χ1n) is 10.8. The number of carbonyl (C=O) groups excluding carboxylic acids is 3. The standard InChI is InChI=1S/C26H23ClFNO3S/c1-14-7-17(25-21(28)11-19(27)12-29-25)8-15(2)23(14)24-22(31)10-18(26(24)32)9-20(30)4-3-16-5-6-33-13-16/h5-8,11-13,18,24H,3-4,9-10H2,1-2H3. The summed E-state index contributed by atoms with van der Waals surface area (Å²) in [6.45, 7) is 3.61. The normalized spacial score (nSPS) is 18.2. The Balaban J connectivity index is 1.53. The van der Waals surface area contributed by atoms with Crippen molar-refractivity contribution in [1.82, 2.24) is 4.98 Å². The molecule has 0 N–H and O–H groups in total. The van der Waals surface area contributed by atoms with Crippen LogP contribution in [0.5, 0.6) is 0 Å². The quantitative estimate of drug-likeness (QED) is 0.383. The largest absolute Gasteiger partial charge is 0.300 e. The Kier molecular flexibility index (Phi) is 6.86. The fourth-order valence-electron chi connectivity index (χ4n) is 4.62. The minimum Gasteiger partial charge on any atom is -0.300 e. The van der Waals surface area contributed by atoms with Crippen molar-refractivity contribution in [3.05, 3.63) is 74.3 Å². The van der Waals surface area contributed by atoms with Crippen LogP contribution in [0.4, 0.5) is 4.39 Å². The van der Waals surface area contributed by atoms with Gasteiger partial charge in [-0.1, -0.05) is 11.6 Å². The predicted molar refractivity (Wildman–Crippen MR) is 127 cm³/mol. The van der Waals surface area contributed by atoms with Gasteiger partial charge in [0.15, 0.2) is 11.6 Å². The molecule has 33 heavy (non-hydrogen) atoms. The van der Waals surface area contributed by atoms with Crippen molar-refractivity contribution in [1.29, 1.82) is 0 Å². The van der Waals surface area contributed by atoms with Gasteiger partial charge in [-0.3, -0.25) is 19.4 Å². The zero-order valence-corrected chi connectivity index (χ0v) is 19.9. The molecule has 1 aliphatic rings. The first-order valence-corrected chi connectivity index (χ1v) is 12.1. The Bertz CT molecular complexity index is 1220. The van der Waals surface area contributed by atoms with Crippen LogP contribution in [0.3, 0.4) is 0 Å². The lowest BCUT2D eigenvalue weighted by atomic mass is 9.85. The highest BCUT2D eigenvalue weighted by Gasteiger charge is 2.43. The van der Waals surface area contributed by atoms with Gasteiger partial charge in [-0.15, -0.1) is 0 Å². The Morgan fingerprint density at radius 2 is 1.94 bits per heavy atom. The lowest BCUT2D eigenvalue weighted by Gasteiger charge is -2.17. The maximum Gasteiger partial charge on any atom is 0.151 e. The summed E-state index contributed by atoms with van der Waals surface area (Å²) in [6.07, 6.45) is 2.58. The minimum atomic E-state index is -0.878. The summed E-state index contributed by atoms with van der Waals surface area (Å²) in [5.41, 5.74) is 3.92. The Labute approximate surface area is 200 Å². The van der Waals surface area contributed by atoms with Crippen LogP contribution in [-0.2, 0) is 20.8 Å². The van der Waals surface area contributed by atoms with E-state index in [1.165, 1.54) is 12.3 Å². The molecule has 2 heterocycles. The summed E-state index contributed by atoms with van der Waals surface area (Å²) in [6, 6.07) is 6.66. The van der Waals surface area contributed by atoms with Crippen molar-refractivity contribution in [2.24, 2.45) is 5.92 Å². The number of rotatable bonds is 7. The predicted octanol–water partition coefficient (Wildman–Crippen LogP) is 6.05. The highest BCUT2D eigenvalue weighted by atomic mass is 35.5. The van der Waals surface area contributed by atoms with Gasteiger partial charge in [-0.25, -0.2) is 4.39 Å². The molecule has 2 unspecified atom stereocenters. The van der Waals surface area contributed by atoms with E-state index in [1.54, 1.807) is 37.3 Å². The molecule has 0 amide bonds. The number of hydrogen-bond donors (Lipinski definition) is 0. The van der Waals surface area contributed by atoms with Gasteiger partial charge in [0.05, 0.1) is 5.02 Å². The van der Waals surface area contributed by atoms with Crippen molar-refractivity contribution in [3.63, 3.8) is 0 Å². The fraction of sp³-hybridized carbons (Fsp3) is 0.308. The van der Waals surface area contributed by atoms with Crippen molar-refractivity contribution in [2.75, 3.05) is 0 Å². The number of carbonyl (C=O) groups is 3. The minimum absolute atomic E-state index is 0.001000. The van der Waals surface area contributed by atoms with Crippen LogP contribution >= 0.6 is 22.9 Å². The number of nitrogens with zero attached hydrogens (tertiary/aromatic N) is 1. The number of aryl methyl sites for hydroxylation is 3. The lowest BCUT2D eigenvalue weighted by Crippen LogP contribution is -2.19. The van der Waals surface area contributed by atoms with E-state index in [0.717, 1.165) is 16.7 Å². The maximum absolute atomic E-state index is 14.4. The Morgan fingerprint density at radius 1 is 1.21 bits per heavy atom. The van der Waals surface area contributed by atoms with Crippen LogP contribution in [0, 0.1) is 25.6 Å². The fourth-order valence-corrected chi connectivity index (χ4v) is 5.47. The van der Waals surface area contributed by atoms with Gasteiger partial charge in [0.25, 0.3) is 0 Å². The average molecular weight is 484 g/mol. The van der Waals surface area contributed by atoms with Crippen molar-refractivity contribution in [3.8, 4) is 11.3 Å². The molecule has 0 radical (unpaired) electrons. The van der Waals surface area contributed by atoms with E-state index in [0.29, 0.717) is 24.0 Å². The van der Waals surface area contributed by atoms with Gasteiger partial charge in [-0.05, 0) is 77.5 Å². The molecule has 1 fully saturated rings. The summed E-state index contributed by atoms with van der Waals surface area (Å²) >= 11 is 7.39. The van der Waals surface area contributed by atoms with Gasteiger partial charge >= 0.3 is 0 Å². The molecule has 1 saturated carbocycles. The van der Waals surface area contributed by atoms with Crippen LogP contribution in [0.15, 0.2) is 41.2 Å². The second-order valence-electron chi connectivity index (χ2n) is 8.58. The van der Waals surface area contributed by atoms with E-state index in [1.807, 2.05) is 16.8 Å². The first kappa shape index (κ1) is 23.5. The number of halogens is 2. The van der Waals surface area contributed by atoms with Gasteiger partial charge in [0.1, 0.15) is 23.2 Å². The van der Waals surface area contributed by atoms with Gasteiger partial charge in [0, 0.05) is 36.9 Å². The second-order valence-corrected chi connectivity index (χ2v) is 9.80. The third kappa shape index (κ3) is 4.97. The highest BCUT2D eigenvalue weighted by Crippen LogP contribution is 2.39. The van der Waals surface area contributed by atoms with E-state index in [2.05, 4.69) is 4.98 Å². The molecular weight excluding hydrogens is 461 g/mol. The summed E-state index contributed by atoms with van der Waals surface area (Å²) in [5, 5.41) is 4.19. The number of benzene rings is 1. The topological polar surface area (TPSA) is 64.1 Å². The molecule has 1 aliphatic carbocycles. The van der Waals surface area contributed by atoms with Crippen molar-refractivity contribution < 1.29 is 18.8 Å². The number of aromatic nitrogens is 1. The molecule has 2 aromatic heterocycles. The monoisotopic (exact) mass is 483 g/mol. The molecule has 7 heteroatoms. The zero-order chi connectivity index (χ0) is 23.7. The summed E-state index contributed by atoms with van der Waals surface area (Å²) < 4.78 is 14.4. The molecule has 0 saturated heterocycles. The molecule has 170 valence electrons.